The van der Waals surface area contributed by atoms with Crippen molar-refractivity contribution < 1.29 is 23.9 Å². The predicted molar refractivity (Wildman–Crippen MR) is 105 cm³/mol. The molecule has 1 aliphatic heterocycles. The monoisotopic (exact) mass is 392 g/mol. The molecule has 1 aliphatic rings. The lowest BCUT2D eigenvalue weighted by Gasteiger charge is -2.21. The van der Waals surface area contributed by atoms with Crippen LogP contribution in [0.5, 0.6) is 0 Å². The molecule has 0 bridgehead atoms. The molecule has 1 heterocycles. The summed E-state index contributed by atoms with van der Waals surface area (Å²) in [6, 6.07) is 12.8. The molecule has 3 amide bonds. The molecule has 0 N–H and O–H groups in total. The highest BCUT2D eigenvalue weighted by Gasteiger charge is 2.36. The minimum absolute atomic E-state index is 0.0813. The van der Waals surface area contributed by atoms with Crippen molar-refractivity contribution in [1.29, 1.82) is 0 Å². The van der Waals surface area contributed by atoms with E-state index in [0.717, 1.165) is 4.90 Å². The fourth-order valence-electron chi connectivity index (χ4n) is 3.01. The molecule has 1 atom stereocenters. The SMILES string of the molecule is C=CCN1C(=O)c2ccc(C(=O)O[C@H](C(=O)N(C)C)c3ccccc3)cc2C1=O. The van der Waals surface area contributed by atoms with E-state index in [1.807, 2.05) is 0 Å². The quantitative estimate of drug-likeness (QED) is 0.428. The third kappa shape index (κ3) is 3.80. The highest BCUT2D eigenvalue weighted by Crippen LogP contribution is 2.26. The molecular formula is C22H20N2O5. The average Bonchev–Trinajstić information content (AvgIpc) is 2.96. The van der Waals surface area contributed by atoms with Gasteiger partial charge in [-0.15, -0.1) is 6.58 Å². The topological polar surface area (TPSA) is 84.0 Å². The minimum Gasteiger partial charge on any atom is -0.444 e. The number of fused-ring (bicyclic) bond motifs is 1. The number of ether oxygens (including phenoxy) is 1. The number of benzene rings is 2. The lowest BCUT2D eigenvalue weighted by atomic mass is 10.1. The van der Waals surface area contributed by atoms with Crippen LogP contribution < -0.4 is 0 Å². The molecule has 29 heavy (non-hydrogen) atoms. The highest BCUT2D eigenvalue weighted by molar-refractivity contribution is 6.22. The van der Waals surface area contributed by atoms with Crippen LogP contribution >= 0.6 is 0 Å². The average molecular weight is 392 g/mol. The number of carbonyl (C=O) groups is 4. The Morgan fingerprint density at radius 3 is 2.34 bits per heavy atom. The Bertz CT molecular complexity index is 998. The zero-order valence-corrected chi connectivity index (χ0v) is 16.1. The van der Waals surface area contributed by atoms with E-state index < -0.39 is 29.8 Å². The number of carbonyl (C=O) groups excluding carboxylic acids is 4. The van der Waals surface area contributed by atoms with Gasteiger partial charge >= 0.3 is 5.97 Å². The molecule has 7 heteroatoms. The Balaban J connectivity index is 1.89. The van der Waals surface area contributed by atoms with Crippen LogP contribution in [-0.4, -0.2) is 54.1 Å². The first-order valence-corrected chi connectivity index (χ1v) is 8.93. The fourth-order valence-corrected chi connectivity index (χ4v) is 3.01. The zero-order chi connectivity index (χ0) is 21.1. The van der Waals surface area contributed by atoms with Gasteiger partial charge in [-0.25, -0.2) is 4.79 Å². The maximum Gasteiger partial charge on any atom is 0.339 e. The van der Waals surface area contributed by atoms with E-state index in [-0.39, 0.29) is 23.2 Å². The predicted octanol–water partition coefficient (Wildman–Crippen LogP) is 2.45. The fraction of sp³-hybridized carbons (Fsp3) is 0.182. The molecule has 0 aliphatic carbocycles. The van der Waals surface area contributed by atoms with Crippen molar-refractivity contribution in [2.45, 2.75) is 6.10 Å². The van der Waals surface area contributed by atoms with Crippen molar-refractivity contribution in [1.82, 2.24) is 9.80 Å². The van der Waals surface area contributed by atoms with E-state index in [1.54, 1.807) is 44.4 Å². The summed E-state index contributed by atoms with van der Waals surface area (Å²) in [7, 11) is 3.14. The number of likely N-dealkylation sites (N-methyl/N-ethyl adjacent to an activating group) is 1. The summed E-state index contributed by atoms with van der Waals surface area (Å²) < 4.78 is 5.49. The van der Waals surface area contributed by atoms with Gasteiger partial charge in [0.25, 0.3) is 17.7 Å². The van der Waals surface area contributed by atoms with Crippen molar-refractivity contribution >= 4 is 23.7 Å². The van der Waals surface area contributed by atoms with Gasteiger partial charge in [0.2, 0.25) is 6.10 Å². The molecule has 148 valence electrons. The van der Waals surface area contributed by atoms with E-state index in [4.69, 9.17) is 4.74 Å². The van der Waals surface area contributed by atoms with Crippen molar-refractivity contribution in [2.24, 2.45) is 0 Å². The number of hydrogen-bond acceptors (Lipinski definition) is 5. The number of amides is 3. The van der Waals surface area contributed by atoms with Crippen LogP contribution in [0.1, 0.15) is 42.7 Å². The first-order valence-electron chi connectivity index (χ1n) is 8.93. The molecule has 7 nitrogen and oxygen atoms in total. The van der Waals surface area contributed by atoms with Gasteiger partial charge in [-0.2, -0.15) is 0 Å². The maximum absolute atomic E-state index is 12.7. The van der Waals surface area contributed by atoms with Crippen molar-refractivity contribution in [3.63, 3.8) is 0 Å². The Hall–Kier alpha value is -3.74. The summed E-state index contributed by atoms with van der Waals surface area (Å²) in [5, 5.41) is 0. The van der Waals surface area contributed by atoms with Gasteiger partial charge in [-0.1, -0.05) is 36.4 Å². The molecule has 0 unspecified atom stereocenters. The van der Waals surface area contributed by atoms with Crippen molar-refractivity contribution in [3.8, 4) is 0 Å². The first-order chi connectivity index (χ1) is 13.8. The number of rotatable bonds is 6. The largest absolute Gasteiger partial charge is 0.444 e. The summed E-state index contributed by atoms with van der Waals surface area (Å²) in [6.45, 7) is 3.62. The van der Waals surface area contributed by atoms with Gasteiger partial charge in [0.15, 0.2) is 0 Å². The van der Waals surface area contributed by atoms with Gasteiger partial charge in [0.05, 0.1) is 16.7 Å². The van der Waals surface area contributed by atoms with Crippen LogP contribution in [0.3, 0.4) is 0 Å². The smallest absolute Gasteiger partial charge is 0.339 e. The molecule has 0 aromatic heterocycles. The van der Waals surface area contributed by atoms with E-state index in [0.29, 0.717) is 5.56 Å². The standard InChI is InChI=1S/C22H20N2O5/c1-4-12-24-19(25)16-11-10-15(13-17(16)20(24)26)22(28)29-18(21(27)23(2)3)14-8-6-5-7-9-14/h4-11,13,18H,1,12H2,2-3H3/t18-/m0/s1. The second-order valence-electron chi connectivity index (χ2n) is 6.70. The van der Waals surface area contributed by atoms with Crippen LogP contribution in [0.2, 0.25) is 0 Å². The van der Waals surface area contributed by atoms with Crippen LogP contribution in [0.25, 0.3) is 0 Å². The Morgan fingerprint density at radius 2 is 1.72 bits per heavy atom. The van der Waals surface area contributed by atoms with Gasteiger partial charge in [0, 0.05) is 26.2 Å². The first kappa shape index (κ1) is 20.0. The Kier molecular flexibility index (Phi) is 5.59. The van der Waals surface area contributed by atoms with E-state index in [2.05, 4.69) is 6.58 Å². The number of imide groups is 1. The highest BCUT2D eigenvalue weighted by atomic mass is 16.5. The molecule has 0 saturated heterocycles. The van der Waals surface area contributed by atoms with E-state index in [1.165, 1.54) is 29.2 Å². The van der Waals surface area contributed by atoms with E-state index in [9.17, 15) is 19.2 Å². The zero-order valence-electron chi connectivity index (χ0n) is 16.1. The third-order valence-electron chi connectivity index (χ3n) is 4.51. The van der Waals surface area contributed by atoms with Crippen LogP contribution in [0.15, 0.2) is 61.2 Å². The Labute approximate surface area is 168 Å². The van der Waals surface area contributed by atoms with Gasteiger partial charge < -0.3 is 9.64 Å². The number of esters is 1. The summed E-state index contributed by atoms with van der Waals surface area (Å²) in [5.41, 5.74) is 0.959. The summed E-state index contributed by atoms with van der Waals surface area (Å²) in [4.78, 5) is 52.4. The molecule has 3 rings (SSSR count). The molecule has 0 spiro atoms. The maximum atomic E-state index is 12.7. The van der Waals surface area contributed by atoms with E-state index >= 15 is 0 Å². The van der Waals surface area contributed by atoms with Crippen LogP contribution in [-0.2, 0) is 9.53 Å². The van der Waals surface area contributed by atoms with Crippen LogP contribution in [0.4, 0.5) is 0 Å². The van der Waals surface area contributed by atoms with Crippen molar-refractivity contribution in [2.75, 3.05) is 20.6 Å². The lowest BCUT2D eigenvalue weighted by molar-refractivity contribution is -0.138. The molecular weight excluding hydrogens is 372 g/mol. The molecule has 0 radical (unpaired) electrons. The van der Waals surface area contributed by atoms with Gasteiger partial charge in [-0.3, -0.25) is 19.3 Å². The second kappa shape index (κ2) is 8.10. The molecule has 2 aromatic rings. The minimum atomic E-state index is -1.12. The molecule has 0 saturated carbocycles. The number of nitrogens with zero attached hydrogens (tertiary/aromatic N) is 2. The normalized spacial score (nSPS) is 13.7. The lowest BCUT2D eigenvalue weighted by Crippen LogP contribution is -2.31. The summed E-state index contributed by atoms with van der Waals surface area (Å²) >= 11 is 0. The summed E-state index contributed by atoms with van der Waals surface area (Å²) in [6.07, 6.45) is 0.329. The third-order valence-corrected chi connectivity index (χ3v) is 4.51. The summed E-state index contributed by atoms with van der Waals surface area (Å²) in [5.74, 6) is -2.09. The van der Waals surface area contributed by atoms with Gasteiger partial charge in [0.1, 0.15) is 0 Å². The van der Waals surface area contributed by atoms with Crippen molar-refractivity contribution in [3.05, 3.63) is 83.4 Å². The number of hydrogen-bond donors (Lipinski definition) is 0. The molecule has 2 aromatic carbocycles. The Morgan fingerprint density at radius 1 is 1.07 bits per heavy atom. The van der Waals surface area contributed by atoms with Gasteiger partial charge in [-0.05, 0) is 18.2 Å². The van der Waals surface area contributed by atoms with Crippen LogP contribution in [0, 0.1) is 0 Å². The molecule has 0 fully saturated rings. The second-order valence-corrected chi connectivity index (χ2v) is 6.70.